The van der Waals surface area contributed by atoms with Crippen molar-refractivity contribution in [1.29, 1.82) is 0 Å². The summed E-state index contributed by atoms with van der Waals surface area (Å²) >= 11 is 0. The van der Waals surface area contributed by atoms with E-state index in [0.717, 1.165) is 83.5 Å². The summed E-state index contributed by atoms with van der Waals surface area (Å²) in [5.74, 6) is -0.607. The molecule has 0 aliphatic carbocycles. The molecule has 0 spiro atoms. The van der Waals surface area contributed by atoms with Gasteiger partial charge in [-0.15, -0.1) is 0 Å². The first-order valence-electron chi connectivity index (χ1n) is 32.2. The summed E-state index contributed by atoms with van der Waals surface area (Å²) in [5, 5.41) is 3.00. The maximum atomic E-state index is 13.5. The Bertz CT molecular complexity index is 1720. The summed E-state index contributed by atoms with van der Waals surface area (Å²) in [4.78, 5) is 37.7. The van der Waals surface area contributed by atoms with Crippen molar-refractivity contribution in [3.05, 3.63) is 109 Å². The van der Waals surface area contributed by atoms with Crippen LogP contribution in [0.2, 0.25) is 0 Å². The van der Waals surface area contributed by atoms with Gasteiger partial charge in [0.1, 0.15) is 19.3 Å². The molecule has 9 nitrogen and oxygen atoms in total. The molecule has 0 saturated heterocycles. The summed E-state index contributed by atoms with van der Waals surface area (Å²) in [6.45, 7) is 6.81. The maximum absolute atomic E-state index is 13.5. The number of likely N-dealkylation sites (N-methyl/N-ethyl adjacent to an activating group) is 1. The van der Waals surface area contributed by atoms with Crippen LogP contribution in [0.25, 0.3) is 0 Å². The summed E-state index contributed by atoms with van der Waals surface area (Å²) in [5.41, 5.74) is 0. The van der Waals surface area contributed by atoms with Gasteiger partial charge in [0.05, 0.1) is 33.8 Å². The Hall–Kier alpha value is -3.33. The lowest BCUT2D eigenvalue weighted by molar-refractivity contribution is -0.870. The minimum atomic E-state index is -4.47. The molecule has 3 atom stereocenters. The smallest absolute Gasteiger partial charge is 0.456 e. The van der Waals surface area contributed by atoms with Crippen molar-refractivity contribution >= 4 is 19.7 Å². The Morgan fingerprint density at radius 1 is 0.456 bits per heavy atom. The minimum absolute atomic E-state index is 0.0219. The van der Waals surface area contributed by atoms with Gasteiger partial charge in [-0.05, 0) is 102 Å². The van der Waals surface area contributed by atoms with Crippen molar-refractivity contribution in [3.63, 3.8) is 0 Å². The average Bonchev–Trinajstić information content (AvgIpc) is 3.41. The van der Waals surface area contributed by atoms with Crippen LogP contribution in [-0.2, 0) is 27.9 Å². The quantitative estimate of drug-likeness (QED) is 0.0205. The fourth-order valence-electron chi connectivity index (χ4n) is 8.76. The normalized spacial score (nSPS) is 14.4. The number of nitrogens with zero attached hydrogens (tertiary/aromatic N) is 1. The Balaban J connectivity index is 5.24. The van der Waals surface area contributed by atoms with Gasteiger partial charge in [-0.3, -0.25) is 18.6 Å². The van der Waals surface area contributed by atoms with Gasteiger partial charge in [-0.25, -0.2) is 4.57 Å². The lowest BCUT2D eigenvalue weighted by atomic mass is 10.0. The molecule has 454 valence electrons. The zero-order valence-electron chi connectivity index (χ0n) is 51.8. The zero-order valence-corrected chi connectivity index (χ0v) is 52.7. The number of rotatable bonds is 57. The van der Waals surface area contributed by atoms with E-state index in [0.29, 0.717) is 17.4 Å². The molecule has 0 saturated carbocycles. The number of carbonyl (C=O) groups excluding carboxylic acids is 2. The van der Waals surface area contributed by atoms with Crippen LogP contribution >= 0.6 is 7.82 Å². The summed E-state index contributed by atoms with van der Waals surface area (Å²) in [6, 6.07) is -0.895. The van der Waals surface area contributed by atoms with E-state index in [1.54, 1.807) is 0 Å². The number of amides is 1. The molecule has 0 heterocycles. The molecule has 0 radical (unpaired) electrons. The molecule has 0 rings (SSSR count). The summed E-state index contributed by atoms with van der Waals surface area (Å²) in [7, 11) is 1.44. The largest absolute Gasteiger partial charge is 0.472 e. The van der Waals surface area contributed by atoms with Crippen LogP contribution in [0.5, 0.6) is 0 Å². The molecule has 3 unspecified atom stereocenters. The molecule has 0 aromatic heterocycles. The number of phosphoric acid groups is 1. The van der Waals surface area contributed by atoms with Gasteiger partial charge >= 0.3 is 13.8 Å². The number of nitrogens with one attached hydrogen (secondary N) is 1. The Kier molecular flexibility index (Phi) is 55.4. The van der Waals surface area contributed by atoms with Gasteiger partial charge in [0.25, 0.3) is 0 Å². The maximum Gasteiger partial charge on any atom is 0.472 e. The van der Waals surface area contributed by atoms with E-state index in [9.17, 15) is 19.0 Å². The monoisotopic (exact) mass is 1120 g/mol. The molecule has 0 aromatic carbocycles. The fourth-order valence-corrected chi connectivity index (χ4v) is 9.49. The second kappa shape index (κ2) is 57.9. The first kappa shape index (κ1) is 75.7. The standard InChI is InChI=1S/C69H121N2O7P/c1-7-10-13-16-19-22-25-27-29-31-33-34-35-36-38-40-42-44-47-50-53-56-59-62-69(73)78-67(60-57-54-51-48-45-24-21-18-15-12-9-3)66(65-77-79(74,75)76-64-63-71(4,5)6)70-68(72)61-58-55-52-49-46-43-41-39-37-32-30-28-26-23-20-17-14-11-8-2/h11,14,19-20,22-23,27-30,37,39,43,46,52,55,57,60,66-67H,7-10,12-13,15-18,21,24-26,31-36,38,40-42,44-45,47-51,53-54,56,58-59,61-65H2,1-6H3,(H-,70,72,74,75)/p+1/b14-11-,22-19-,23-20-,29-27-,30-28-,39-37-,46-43-,55-52-,60-57+. The molecule has 0 aliphatic heterocycles. The average molecular weight is 1120 g/mol. The topological polar surface area (TPSA) is 111 Å². The first-order chi connectivity index (χ1) is 38.4. The third-order valence-corrected chi connectivity index (χ3v) is 14.7. The molecule has 2 N–H and O–H groups in total. The van der Waals surface area contributed by atoms with Crippen LogP contribution in [0.15, 0.2) is 109 Å². The minimum Gasteiger partial charge on any atom is -0.456 e. The Morgan fingerprint density at radius 2 is 0.823 bits per heavy atom. The van der Waals surface area contributed by atoms with Crippen LogP contribution in [-0.4, -0.2) is 74.3 Å². The van der Waals surface area contributed by atoms with Crippen molar-refractivity contribution in [2.45, 2.75) is 277 Å². The van der Waals surface area contributed by atoms with Crippen molar-refractivity contribution in [2.75, 3.05) is 40.9 Å². The van der Waals surface area contributed by atoms with Crippen molar-refractivity contribution < 1.29 is 37.3 Å². The molecule has 0 fully saturated rings. The number of carbonyl (C=O) groups is 2. The van der Waals surface area contributed by atoms with Gasteiger partial charge in [0, 0.05) is 12.8 Å². The van der Waals surface area contributed by atoms with Crippen molar-refractivity contribution in [2.24, 2.45) is 0 Å². The van der Waals surface area contributed by atoms with Crippen LogP contribution in [0, 0.1) is 0 Å². The van der Waals surface area contributed by atoms with Crippen molar-refractivity contribution in [1.82, 2.24) is 5.32 Å². The molecule has 0 aromatic rings. The summed E-state index contributed by atoms with van der Waals surface area (Å²) < 4.78 is 30.6. The number of hydrogen-bond acceptors (Lipinski definition) is 6. The number of quaternary nitrogens is 1. The number of allylic oxidation sites excluding steroid dienone is 17. The van der Waals surface area contributed by atoms with Crippen LogP contribution in [0.4, 0.5) is 0 Å². The fraction of sp³-hybridized carbons (Fsp3) is 0.710. The van der Waals surface area contributed by atoms with E-state index in [4.69, 9.17) is 13.8 Å². The van der Waals surface area contributed by atoms with Gasteiger partial charge in [0.15, 0.2) is 0 Å². The van der Waals surface area contributed by atoms with E-state index in [-0.39, 0.29) is 37.9 Å². The third-order valence-electron chi connectivity index (χ3n) is 13.7. The van der Waals surface area contributed by atoms with Gasteiger partial charge in [0.2, 0.25) is 5.91 Å². The predicted octanol–water partition coefficient (Wildman–Crippen LogP) is 20.1. The number of hydrogen-bond donors (Lipinski definition) is 2. The predicted molar refractivity (Wildman–Crippen MR) is 341 cm³/mol. The number of unbranched alkanes of at least 4 members (excludes halogenated alkanes) is 25. The highest BCUT2D eigenvalue weighted by molar-refractivity contribution is 7.47. The van der Waals surface area contributed by atoms with Gasteiger partial charge in [-0.2, -0.15) is 0 Å². The van der Waals surface area contributed by atoms with E-state index in [1.165, 1.54) is 141 Å². The molecular weight excluding hydrogens is 1000 g/mol. The molecule has 79 heavy (non-hydrogen) atoms. The Labute approximate surface area is 487 Å². The highest BCUT2D eigenvalue weighted by Gasteiger charge is 2.30. The van der Waals surface area contributed by atoms with Crippen molar-refractivity contribution in [3.8, 4) is 0 Å². The highest BCUT2D eigenvalue weighted by Crippen LogP contribution is 2.43. The van der Waals surface area contributed by atoms with E-state index in [2.05, 4.69) is 117 Å². The molecule has 1 amide bonds. The van der Waals surface area contributed by atoms with Gasteiger partial charge in [-0.1, -0.05) is 259 Å². The SMILES string of the molecule is CC/C=C\C/C=C\C/C=C\C/C=C\C/C=C\C/C=C\CCC(=O)NC(COP(=O)(O)OCC[N+](C)(C)C)C(/C=C/CCCCCCCCCCC)OC(=O)CCCCCCCCCCCCCCC/C=C\C/C=C\CCCCC. The number of esters is 1. The molecular formula is C69H122N2O7P+. The molecule has 0 aliphatic rings. The molecule has 10 heteroatoms. The molecule has 0 bridgehead atoms. The number of phosphoric ester groups is 1. The zero-order chi connectivity index (χ0) is 57.9. The van der Waals surface area contributed by atoms with Crippen LogP contribution < -0.4 is 5.32 Å². The second-order valence-electron chi connectivity index (χ2n) is 22.5. The Morgan fingerprint density at radius 3 is 1.27 bits per heavy atom. The lowest BCUT2D eigenvalue weighted by Crippen LogP contribution is -2.47. The van der Waals surface area contributed by atoms with E-state index >= 15 is 0 Å². The number of ether oxygens (including phenoxy) is 1. The van der Waals surface area contributed by atoms with Crippen LogP contribution in [0.1, 0.15) is 265 Å². The highest BCUT2D eigenvalue weighted by atomic mass is 31.2. The lowest BCUT2D eigenvalue weighted by Gasteiger charge is -2.27. The van der Waals surface area contributed by atoms with Crippen LogP contribution in [0.3, 0.4) is 0 Å². The van der Waals surface area contributed by atoms with E-state index in [1.807, 2.05) is 39.4 Å². The first-order valence-corrected chi connectivity index (χ1v) is 33.7. The van der Waals surface area contributed by atoms with Gasteiger partial charge < -0.3 is 19.4 Å². The van der Waals surface area contributed by atoms with E-state index < -0.39 is 20.0 Å². The second-order valence-corrected chi connectivity index (χ2v) is 24.0. The third kappa shape index (κ3) is 59.1. The summed E-state index contributed by atoms with van der Waals surface area (Å²) in [6.07, 6.45) is 79.7.